The maximum absolute atomic E-state index is 12.5. The number of carbonyl (C=O) groups excluding carboxylic acids is 1. The summed E-state index contributed by atoms with van der Waals surface area (Å²) < 4.78 is 5.27. The lowest BCUT2D eigenvalue weighted by Gasteiger charge is -2.27. The van der Waals surface area contributed by atoms with Crippen molar-refractivity contribution >= 4 is 11.9 Å². The fourth-order valence-electron chi connectivity index (χ4n) is 1.99. The van der Waals surface area contributed by atoms with Gasteiger partial charge in [0.25, 0.3) is 5.91 Å². The van der Waals surface area contributed by atoms with Crippen LogP contribution in [0.3, 0.4) is 0 Å². The zero-order valence-electron chi connectivity index (χ0n) is 12.6. The molecule has 20 heavy (non-hydrogen) atoms. The third-order valence-corrected chi connectivity index (χ3v) is 3.24. The van der Waals surface area contributed by atoms with Gasteiger partial charge >= 0.3 is 0 Å². The topological polar surface area (TPSA) is 58.6 Å². The molecule has 1 aliphatic heterocycles. The second-order valence-corrected chi connectivity index (χ2v) is 5.43. The number of amides is 1. The van der Waals surface area contributed by atoms with E-state index in [2.05, 4.69) is 23.8 Å². The van der Waals surface area contributed by atoms with Crippen molar-refractivity contribution in [2.75, 3.05) is 45.3 Å². The summed E-state index contributed by atoms with van der Waals surface area (Å²) in [5, 5.41) is 0. The van der Waals surface area contributed by atoms with E-state index in [-0.39, 0.29) is 11.8 Å². The Kier molecular flexibility index (Phi) is 4.54. The summed E-state index contributed by atoms with van der Waals surface area (Å²) in [4.78, 5) is 25.0. The first kappa shape index (κ1) is 14.7. The Labute approximate surface area is 119 Å². The second-order valence-electron chi connectivity index (χ2n) is 5.43. The molecule has 0 saturated carbocycles. The summed E-state index contributed by atoms with van der Waals surface area (Å²) >= 11 is 0. The van der Waals surface area contributed by atoms with Crippen molar-refractivity contribution in [2.24, 2.45) is 0 Å². The summed E-state index contributed by atoms with van der Waals surface area (Å²) in [7, 11) is 3.75. The lowest BCUT2D eigenvalue weighted by Crippen LogP contribution is -2.41. The molecule has 1 fully saturated rings. The van der Waals surface area contributed by atoms with Gasteiger partial charge in [-0.2, -0.15) is 0 Å². The van der Waals surface area contributed by atoms with E-state index in [0.29, 0.717) is 37.9 Å². The summed E-state index contributed by atoms with van der Waals surface area (Å²) in [5.74, 6) is 0.793. The number of hydrogen-bond donors (Lipinski definition) is 0. The third kappa shape index (κ3) is 3.25. The molecule has 1 aromatic heterocycles. The maximum atomic E-state index is 12.5. The zero-order valence-corrected chi connectivity index (χ0v) is 12.6. The van der Waals surface area contributed by atoms with Gasteiger partial charge in [0.05, 0.1) is 13.2 Å². The largest absolute Gasteiger partial charge is 0.378 e. The van der Waals surface area contributed by atoms with Crippen molar-refractivity contribution in [3.8, 4) is 0 Å². The van der Waals surface area contributed by atoms with Crippen LogP contribution in [-0.2, 0) is 4.74 Å². The number of morpholine rings is 1. The Morgan fingerprint density at radius 1 is 1.30 bits per heavy atom. The first-order valence-electron chi connectivity index (χ1n) is 6.92. The van der Waals surface area contributed by atoms with Gasteiger partial charge in [-0.3, -0.25) is 4.79 Å². The smallest absolute Gasteiger partial charge is 0.272 e. The molecule has 1 amide bonds. The van der Waals surface area contributed by atoms with Crippen molar-refractivity contribution in [3.63, 3.8) is 0 Å². The minimum Gasteiger partial charge on any atom is -0.378 e. The van der Waals surface area contributed by atoms with Crippen LogP contribution in [0.4, 0.5) is 5.95 Å². The van der Waals surface area contributed by atoms with Crippen LogP contribution < -0.4 is 4.90 Å². The van der Waals surface area contributed by atoms with E-state index < -0.39 is 0 Å². The molecule has 2 heterocycles. The Balaban J connectivity index is 2.31. The molecule has 1 aliphatic rings. The molecule has 0 unspecified atom stereocenters. The highest BCUT2D eigenvalue weighted by molar-refractivity contribution is 5.92. The van der Waals surface area contributed by atoms with Crippen molar-refractivity contribution in [2.45, 2.75) is 19.8 Å². The van der Waals surface area contributed by atoms with Gasteiger partial charge in [-0.1, -0.05) is 13.8 Å². The Hall–Kier alpha value is -1.69. The monoisotopic (exact) mass is 278 g/mol. The van der Waals surface area contributed by atoms with E-state index in [9.17, 15) is 4.79 Å². The van der Waals surface area contributed by atoms with Gasteiger partial charge in [-0.05, 0) is 12.0 Å². The van der Waals surface area contributed by atoms with E-state index >= 15 is 0 Å². The average Bonchev–Trinajstić information content (AvgIpc) is 2.46. The number of anilines is 1. The molecule has 6 nitrogen and oxygen atoms in total. The van der Waals surface area contributed by atoms with Gasteiger partial charge in [-0.15, -0.1) is 0 Å². The molecule has 1 aromatic rings. The number of ether oxygens (including phenoxy) is 1. The number of aromatic nitrogens is 2. The minimum absolute atomic E-state index is 0.0410. The summed E-state index contributed by atoms with van der Waals surface area (Å²) in [6, 6.07) is 1.80. The molecule has 0 aromatic carbocycles. The second kappa shape index (κ2) is 6.17. The molecule has 110 valence electrons. The van der Waals surface area contributed by atoms with E-state index in [4.69, 9.17) is 4.74 Å². The molecule has 0 radical (unpaired) electrons. The fourth-order valence-corrected chi connectivity index (χ4v) is 1.99. The Morgan fingerprint density at radius 3 is 2.50 bits per heavy atom. The predicted molar refractivity (Wildman–Crippen MR) is 77.2 cm³/mol. The van der Waals surface area contributed by atoms with Crippen LogP contribution in [0.5, 0.6) is 0 Å². The average molecular weight is 278 g/mol. The molecule has 6 heteroatoms. The van der Waals surface area contributed by atoms with Crippen molar-refractivity contribution in [3.05, 3.63) is 17.5 Å². The van der Waals surface area contributed by atoms with Gasteiger partial charge in [0, 0.05) is 32.9 Å². The van der Waals surface area contributed by atoms with Crippen LogP contribution in [-0.4, -0.2) is 61.2 Å². The van der Waals surface area contributed by atoms with E-state index in [1.54, 1.807) is 11.0 Å². The SMILES string of the molecule is CC(C)c1cc(C(=O)N2CCOCC2)nc(N(C)C)n1. The van der Waals surface area contributed by atoms with Gasteiger partial charge in [0.2, 0.25) is 5.95 Å². The van der Waals surface area contributed by atoms with Gasteiger partial charge in [-0.25, -0.2) is 9.97 Å². The highest BCUT2D eigenvalue weighted by Crippen LogP contribution is 2.17. The maximum Gasteiger partial charge on any atom is 0.272 e. The molecule has 0 N–H and O–H groups in total. The number of rotatable bonds is 3. The van der Waals surface area contributed by atoms with Gasteiger partial charge in [0.15, 0.2) is 0 Å². The molecule has 0 spiro atoms. The quantitative estimate of drug-likeness (QED) is 0.830. The molecule has 0 aliphatic carbocycles. The van der Waals surface area contributed by atoms with Crippen LogP contribution in [0.1, 0.15) is 35.9 Å². The zero-order chi connectivity index (χ0) is 14.7. The Bertz CT molecular complexity index is 456. The molecular weight excluding hydrogens is 256 g/mol. The lowest BCUT2D eigenvalue weighted by molar-refractivity contribution is 0.0299. The van der Waals surface area contributed by atoms with E-state index in [1.807, 2.05) is 19.0 Å². The molecule has 1 saturated heterocycles. The van der Waals surface area contributed by atoms with Crippen molar-refractivity contribution < 1.29 is 9.53 Å². The fraction of sp³-hybridized carbons (Fsp3) is 0.643. The highest BCUT2D eigenvalue weighted by Gasteiger charge is 2.22. The molecule has 0 atom stereocenters. The summed E-state index contributed by atoms with van der Waals surface area (Å²) in [5.41, 5.74) is 1.36. The molecule has 2 rings (SSSR count). The molecular formula is C14H22N4O2. The lowest BCUT2D eigenvalue weighted by atomic mass is 10.1. The van der Waals surface area contributed by atoms with Gasteiger partial charge < -0.3 is 14.5 Å². The van der Waals surface area contributed by atoms with Crippen molar-refractivity contribution in [1.82, 2.24) is 14.9 Å². The minimum atomic E-state index is -0.0410. The summed E-state index contributed by atoms with van der Waals surface area (Å²) in [6.45, 7) is 6.55. The molecule has 0 bridgehead atoms. The first-order valence-corrected chi connectivity index (χ1v) is 6.92. The number of nitrogens with zero attached hydrogens (tertiary/aromatic N) is 4. The number of carbonyl (C=O) groups is 1. The third-order valence-electron chi connectivity index (χ3n) is 3.24. The van der Waals surface area contributed by atoms with Crippen LogP contribution in [0, 0.1) is 0 Å². The first-order chi connectivity index (χ1) is 9.49. The van der Waals surface area contributed by atoms with Crippen molar-refractivity contribution in [1.29, 1.82) is 0 Å². The normalized spacial score (nSPS) is 15.6. The van der Waals surface area contributed by atoms with E-state index in [1.165, 1.54) is 0 Å². The summed E-state index contributed by atoms with van der Waals surface area (Å²) in [6.07, 6.45) is 0. The van der Waals surface area contributed by atoms with Crippen LogP contribution in [0.25, 0.3) is 0 Å². The number of hydrogen-bond acceptors (Lipinski definition) is 5. The standard InChI is InChI=1S/C14H22N4O2/c1-10(2)11-9-12(16-14(15-11)17(3)4)13(19)18-5-7-20-8-6-18/h9-10H,5-8H2,1-4H3. The van der Waals surface area contributed by atoms with Crippen LogP contribution in [0.15, 0.2) is 6.07 Å². The van der Waals surface area contributed by atoms with E-state index in [0.717, 1.165) is 5.69 Å². The predicted octanol–water partition coefficient (Wildman–Crippen LogP) is 1.14. The highest BCUT2D eigenvalue weighted by atomic mass is 16.5. The Morgan fingerprint density at radius 2 is 1.95 bits per heavy atom. The van der Waals surface area contributed by atoms with Crippen LogP contribution in [0.2, 0.25) is 0 Å². The van der Waals surface area contributed by atoms with Crippen LogP contribution >= 0.6 is 0 Å². The van der Waals surface area contributed by atoms with Gasteiger partial charge in [0.1, 0.15) is 5.69 Å².